The summed E-state index contributed by atoms with van der Waals surface area (Å²) < 4.78 is 11.5. The van der Waals surface area contributed by atoms with Crippen LogP contribution < -0.4 is 15.1 Å². The maximum absolute atomic E-state index is 13.4. The molecule has 0 bridgehead atoms. The summed E-state index contributed by atoms with van der Waals surface area (Å²) in [4.78, 5) is 32.7. The highest BCUT2D eigenvalue weighted by molar-refractivity contribution is 6.10. The minimum atomic E-state index is -0.640. The number of carbonyl (C=O) groups excluding carboxylic acids is 1. The first-order chi connectivity index (χ1) is 14.7. The molecule has 3 heterocycles. The fraction of sp³-hybridized carbons (Fsp3) is 0.125. The van der Waals surface area contributed by atoms with E-state index < -0.39 is 6.04 Å². The van der Waals surface area contributed by atoms with Crippen LogP contribution >= 0.6 is 0 Å². The summed E-state index contributed by atoms with van der Waals surface area (Å²) in [7, 11) is 0. The van der Waals surface area contributed by atoms with E-state index >= 15 is 0 Å². The number of fused-ring (bicyclic) bond motifs is 2. The van der Waals surface area contributed by atoms with E-state index in [2.05, 4.69) is 4.98 Å². The molecule has 1 atom stereocenters. The Morgan fingerprint density at radius 1 is 1.00 bits per heavy atom. The number of rotatable bonds is 4. The molecular formula is C24H18N2O4. The lowest BCUT2D eigenvalue weighted by atomic mass is 9.98. The molecule has 2 aromatic heterocycles. The number of pyridine rings is 1. The van der Waals surface area contributed by atoms with Gasteiger partial charge in [0, 0.05) is 6.20 Å². The minimum absolute atomic E-state index is 0.0586. The Bertz CT molecular complexity index is 1300. The largest absolute Gasteiger partial charge is 0.494 e. The summed E-state index contributed by atoms with van der Waals surface area (Å²) in [5.41, 5.74) is 1.28. The van der Waals surface area contributed by atoms with Gasteiger partial charge in [0.25, 0.3) is 5.91 Å². The SMILES string of the molecule is CCOc1ccc([C@@H]2c3c(oc4ccccc4c3=O)C(=O)N2c2ccccn2)cc1. The van der Waals surface area contributed by atoms with Crippen molar-refractivity contribution in [1.29, 1.82) is 0 Å². The summed E-state index contributed by atoms with van der Waals surface area (Å²) in [5.74, 6) is 0.852. The molecule has 6 nitrogen and oxygen atoms in total. The Hall–Kier alpha value is -3.93. The zero-order chi connectivity index (χ0) is 20.7. The van der Waals surface area contributed by atoms with Crippen molar-refractivity contribution >= 4 is 22.7 Å². The Labute approximate surface area is 172 Å². The standard InChI is InChI=1S/C24H18N2O4/c1-2-29-16-12-10-15(11-13-16)21-20-22(27)17-7-3-4-8-18(17)30-23(20)24(28)26(21)19-9-5-6-14-25-19/h3-14,21H,2H2,1H3/t21-/m1/s1. The van der Waals surface area contributed by atoms with Crippen LogP contribution in [0.2, 0.25) is 0 Å². The Balaban J connectivity index is 1.76. The van der Waals surface area contributed by atoms with Crippen molar-refractivity contribution in [3.8, 4) is 5.75 Å². The fourth-order valence-electron chi connectivity index (χ4n) is 3.88. The van der Waals surface area contributed by atoms with Crippen LogP contribution in [-0.4, -0.2) is 17.5 Å². The lowest BCUT2D eigenvalue weighted by molar-refractivity contribution is 0.0970. The third-order valence-electron chi connectivity index (χ3n) is 5.18. The highest BCUT2D eigenvalue weighted by Crippen LogP contribution is 2.40. The van der Waals surface area contributed by atoms with Gasteiger partial charge in [-0.1, -0.05) is 30.3 Å². The minimum Gasteiger partial charge on any atom is -0.494 e. The van der Waals surface area contributed by atoms with Crippen molar-refractivity contribution in [3.05, 3.63) is 100 Å². The monoisotopic (exact) mass is 398 g/mol. The van der Waals surface area contributed by atoms with Gasteiger partial charge in [0.15, 0.2) is 5.43 Å². The number of carbonyl (C=O) groups is 1. The van der Waals surface area contributed by atoms with Crippen LogP contribution in [0, 0.1) is 0 Å². The Kier molecular flexibility index (Phi) is 4.32. The Morgan fingerprint density at radius 2 is 1.77 bits per heavy atom. The van der Waals surface area contributed by atoms with Gasteiger partial charge in [0.2, 0.25) is 5.76 Å². The van der Waals surface area contributed by atoms with E-state index in [4.69, 9.17) is 9.15 Å². The predicted molar refractivity (Wildman–Crippen MR) is 113 cm³/mol. The number of para-hydroxylation sites is 1. The number of hydrogen-bond acceptors (Lipinski definition) is 5. The molecule has 0 fully saturated rings. The van der Waals surface area contributed by atoms with E-state index in [0.717, 1.165) is 11.3 Å². The summed E-state index contributed by atoms with van der Waals surface area (Å²) in [6.07, 6.45) is 1.62. The molecule has 6 heteroatoms. The molecule has 0 radical (unpaired) electrons. The molecule has 4 aromatic rings. The van der Waals surface area contributed by atoms with E-state index in [1.54, 1.807) is 48.7 Å². The molecule has 0 aliphatic carbocycles. The highest BCUT2D eigenvalue weighted by Gasteiger charge is 2.44. The summed E-state index contributed by atoms with van der Waals surface area (Å²) in [6.45, 7) is 2.47. The molecule has 0 N–H and O–H groups in total. The van der Waals surface area contributed by atoms with Crippen LogP contribution in [0.15, 0.2) is 82.1 Å². The zero-order valence-corrected chi connectivity index (χ0v) is 16.2. The number of aromatic nitrogens is 1. The topological polar surface area (TPSA) is 72.6 Å². The molecule has 148 valence electrons. The predicted octanol–water partition coefficient (Wildman–Crippen LogP) is 4.34. The number of hydrogen-bond donors (Lipinski definition) is 0. The Morgan fingerprint density at radius 3 is 2.50 bits per heavy atom. The number of anilines is 1. The maximum atomic E-state index is 13.4. The van der Waals surface area contributed by atoms with Gasteiger partial charge >= 0.3 is 0 Å². The second kappa shape index (κ2) is 7.15. The molecule has 0 saturated heterocycles. The molecule has 1 aliphatic heterocycles. The average molecular weight is 398 g/mol. The van der Waals surface area contributed by atoms with Gasteiger partial charge in [-0.3, -0.25) is 14.5 Å². The third kappa shape index (κ3) is 2.76. The second-order valence-corrected chi connectivity index (χ2v) is 6.94. The van der Waals surface area contributed by atoms with Crippen molar-refractivity contribution < 1.29 is 13.9 Å². The van der Waals surface area contributed by atoms with E-state index in [9.17, 15) is 9.59 Å². The van der Waals surface area contributed by atoms with Crippen molar-refractivity contribution in [2.75, 3.05) is 11.5 Å². The van der Waals surface area contributed by atoms with Crippen LogP contribution in [0.1, 0.15) is 34.6 Å². The van der Waals surface area contributed by atoms with Crippen LogP contribution in [0.5, 0.6) is 5.75 Å². The van der Waals surface area contributed by atoms with Crippen molar-refractivity contribution in [2.24, 2.45) is 0 Å². The van der Waals surface area contributed by atoms with Crippen LogP contribution in [0.3, 0.4) is 0 Å². The molecule has 0 spiro atoms. The number of ether oxygens (including phenoxy) is 1. The van der Waals surface area contributed by atoms with Crippen LogP contribution in [0.4, 0.5) is 5.82 Å². The maximum Gasteiger partial charge on any atom is 0.296 e. The highest BCUT2D eigenvalue weighted by atomic mass is 16.5. The van der Waals surface area contributed by atoms with Crippen molar-refractivity contribution in [1.82, 2.24) is 4.98 Å². The molecule has 1 aliphatic rings. The average Bonchev–Trinajstić information content (AvgIpc) is 3.08. The fourth-order valence-corrected chi connectivity index (χ4v) is 3.88. The first-order valence-electron chi connectivity index (χ1n) is 9.72. The van der Waals surface area contributed by atoms with Crippen LogP contribution in [-0.2, 0) is 0 Å². The first-order valence-corrected chi connectivity index (χ1v) is 9.72. The van der Waals surface area contributed by atoms with Gasteiger partial charge in [0.1, 0.15) is 17.2 Å². The van der Waals surface area contributed by atoms with Gasteiger partial charge in [-0.15, -0.1) is 0 Å². The summed E-state index contributed by atoms with van der Waals surface area (Å²) in [5, 5.41) is 0.447. The second-order valence-electron chi connectivity index (χ2n) is 6.94. The molecular weight excluding hydrogens is 380 g/mol. The molecule has 0 saturated carbocycles. The van der Waals surface area contributed by atoms with Gasteiger partial charge in [-0.05, 0) is 48.9 Å². The van der Waals surface area contributed by atoms with E-state index in [0.29, 0.717) is 29.0 Å². The zero-order valence-electron chi connectivity index (χ0n) is 16.2. The summed E-state index contributed by atoms with van der Waals surface area (Å²) >= 11 is 0. The molecule has 1 amide bonds. The quantitative estimate of drug-likeness (QED) is 0.511. The van der Waals surface area contributed by atoms with E-state index in [1.807, 2.05) is 31.2 Å². The smallest absolute Gasteiger partial charge is 0.296 e. The molecule has 2 aromatic carbocycles. The number of nitrogens with zero attached hydrogens (tertiary/aromatic N) is 2. The molecule has 5 rings (SSSR count). The normalized spacial score (nSPS) is 15.4. The van der Waals surface area contributed by atoms with Crippen molar-refractivity contribution in [2.45, 2.75) is 13.0 Å². The first kappa shape index (κ1) is 18.1. The lowest BCUT2D eigenvalue weighted by Crippen LogP contribution is -2.30. The van der Waals surface area contributed by atoms with Gasteiger partial charge in [0.05, 0.1) is 23.6 Å². The number of amides is 1. The van der Waals surface area contributed by atoms with Crippen molar-refractivity contribution in [3.63, 3.8) is 0 Å². The summed E-state index contributed by atoms with van der Waals surface area (Å²) in [6, 6.07) is 19.0. The lowest BCUT2D eigenvalue weighted by Gasteiger charge is -2.24. The third-order valence-corrected chi connectivity index (χ3v) is 5.18. The number of benzene rings is 2. The van der Waals surface area contributed by atoms with Crippen LogP contribution in [0.25, 0.3) is 11.0 Å². The van der Waals surface area contributed by atoms with E-state index in [1.165, 1.54) is 4.90 Å². The van der Waals surface area contributed by atoms with Gasteiger partial charge in [-0.2, -0.15) is 0 Å². The van der Waals surface area contributed by atoms with Gasteiger partial charge in [-0.25, -0.2) is 4.98 Å². The van der Waals surface area contributed by atoms with Gasteiger partial charge < -0.3 is 9.15 Å². The molecule has 0 unspecified atom stereocenters. The molecule has 30 heavy (non-hydrogen) atoms. The van der Waals surface area contributed by atoms with E-state index in [-0.39, 0.29) is 17.1 Å².